The second-order valence-electron chi connectivity index (χ2n) is 6.33. The van der Waals surface area contributed by atoms with Crippen LogP contribution in [0.15, 0.2) is 12.1 Å². The zero-order valence-corrected chi connectivity index (χ0v) is 12.2. The molecule has 3 heteroatoms. The number of anilines is 1. The molecule has 1 saturated heterocycles. The van der Waals surface area contributed by atoms with Crippen LogP contribution < -0.4 is 4.90 Å². The summed E-state index contributed by atoms with van der Waals surface area (Å²) in [5.74, 6) is -0.370. The van der Waals surface area contributed by atoms with Gasteiger partial charge < -0.3 is 4.90 Å². The fourth-order valence-corrected chi connectivity index (χ4v) is 2.56. The van der Waals surface area contributed by atoms with E-state index >= 15 is 0 Å². The zero-order chi connectivity index (χ0) is 14.2. The lowest BCUT2D eigenvalue weighted by Gasteiger charge is -2.39. The van der Waals surface area contributed by atoms with Crippen molar-refractivity contribution >= 4 is 11.5 Å². The maximum Gasteiger partial charge on any atom is 0.161 e. The first-order valence-electron chi connectivity index (χ1n) is 6.86. The minimum atomic E-state index is -0.300. The molecule has 1 heterocycles. The molecule has 0 N–H and O–H groups in total. The average Bonchev–Trinajstić information content (AvgIpc) is 2.32. The Hall–Kier alpha value is -1.38. The highest BCUT2D eigenvalue weighted by Crippen LogP contribution is 2.34. The highest BCUT2D eigenvalue weighted by molar-refractivity contribution is 6.00. The van der Waals surface area contributed by atoms with Gasteiger partial charge in [-0.25, -0.2) is 4.39 Å². The molecule has 0 saturated carbocycles. The number of carbonyl (C=O) groups is 1. The van der Waals surface area contributed by atoms with Crippen LogP contribution in [0.5, 0.6) is 0 Å². The summed E-state index contributed by atoms with van der Waals surface area (Å²) in [7, 11) is 0. The third-order valence-corrected chi connectivity index (χ3v) is 4.11. The summed E-state index contributed by atoms with van der Waals surface area (Å²) in [4.78, 5) is 13.9. The number of carbonyl (C=O) groups excluding carboxylic acids is 1. The van der Waals surface area contributed by atoms with Crippen LogP contribution >= 0.6 is 0 Å². The van der Waals surface area contributed by atoms with Gasteiger partial charge in [-0.05, 0) is 49.8 Å². The van der Waals surface area contributed by atoms with Crippen LogP contribution in [0.2, 0.25) is 0 Å². The zero-order valence-electron chi connectivity index (χ0n) is 12.2. The van der Waals surface area contributed by atoms with Crippen LogP contribution in [0.4, 0.5) is 10.1 Å². The smallest absolute Gasteiger partial charge is 0.161 e. The van der Waals surface area contributed by atoms with Crippen LogP contribution in [0.1, 0.15) is 49.5 Å². The van der Waals surface area contributed by atoms with Gasteiger partial charge in [0.2, 0.25) is 0 Å². The molecular weight excluding hydrogens is 241 g/mol. The van der Waals surface area contributed by atoms with Gasteiger partial charge in [0.15, 0.2) is 5.78 Å². The standard InChI is InChI=1S/C16H22FNO/c1-11-9-15(13(12(2)19)10-14(11)17)18-7-5-16(3,4)6-8-18/h9-10H,5-8H2,1-4H3. The van der Waals surface area contributed by atoms with Crippen LogP contribution in [0, 0.1) is 18.2 Å². The minimum Gasteiger partial charge on any atom is -0.371 e. The van der Waals surface area contributed by atoms with Crippen molar-refractivity contribution in [1.29, 1.82) is 0 Å². The van der Waals surface area contributed by atoms with Crippen molar-refractivity contribution in [2.45, 2.75) is 40.5 Å². The number of aryl methyl sites for hydroxylation is 1. The van der Waals surface area contributed by atoms with Crippen LogP contribution in [-0.4, -0.2) is 18.9 Å². The van der Waals surface area contributed by atoms with Crippen molar-refractivity contribution in [3.8, 4) is 0 Å². The minimum absolute atomic E-state index is 0.0706. The Bertz CT molecular complexity index is 498. The maximum atomic E-state index is 13.6. The predicted molar refractivity (Wildman–Crippen MR) is 76.4 cm³/mol. The van der Waals surface area contributed by atoms with E-state index in [1.54, 1.807) is 6.92 Å². The molecule has 1 aromatic carbocycles. The van der Waals surface area contributed by atoms with E-state index in [0.29, 0.717) is 16.5 Å². The number of rotatable bonds is 2. The fraction of sp³-hybridized carbons (Fsp3) is 0.562. The predicted octanol–water partition coefficient (Wildman–Crippen LogP) is 3.96. The monoisotopic (exact) mass is 263 g/mol. The first-order valence-corrected chi connectivity index (χ1v) is 6.86. The number of Topliss-reactive ketones (excluding diaryl/α,β-unsaturated/α-hetero) is 1. The lowest BCUT2D eigenvalue weighted by Crippen LogP contribution is -2.38. The third kappa shape index (κ3) is 2.96. The van der Waals surface area contributed by atoms with Crippen LogP contribution in [-0.2, 0) is 0 Å². The van der Waals surface area contributed by atoms with Crippen molar-refractivity contribution < 1.29 is 9.18 Å². The Morgan fingerprint density at radius 3 is 2.37 bits per heavy atom. The number of halogens is 1. The highest BCUT2D eigenvalue weighted by Gasteiger charge is 2.27. The van der Waals surface area contributed by atoms with Gasteiger partial charge in [-0.2, -0.15) is 0 Å². The topological polar surface area (TPSA) is 20.3 Å². The second-order valence-corrected chi connectivity index (χ2v) is 6.33. The normalized spacial score (nSPS) is 18.5. The van der Waals surface area contributed by atoms with Gasteiger partial charge in [0.25, 0.3) is 0 Å². The van der Waals surface area contributed by atoms with Crippen molar-refractivity contribution in [3.05, 3.63) is 29.1 Å². The molecule has 0 radical (unpaired) electrons. The molecule has 0 spiro atoms. The summed E-state index contributed by atoms with van der Waals surface area (Å²) in [6.07, 6.45) is 2.20. The number of hydrogen-bond acceptors (Lipinski definition) is 2. The molecule has 0 amide bonds. The molecule has 1 fully saturated rings. The van der Waals surface area contributed by atoms with E-state index in [1.165, 1.54) is 13.0 Å². The molecule has 1 aromatic rings. The van der Waals surface area contributed by atoms with Gasteiger partial charge in [0, 0.05) is 24.3 Å². The highest BCUT2D eigenvalue weighted by atomic mass is 19.1. The van der Waals surface area contributed by atoms with E-state index in [4.69, 9.17) is 0 Å². The largest absolute Gasteiger partial charge is 0.371 e. The van der Waals surface area contributed by atoms with Crippen molar-refractivity contribution in [2.24, 2.45) is 5.41 Å². The van der Waals surface area contributed by atoms with Crippen LogP contribution in [0.25, 0.3) is 0 Å². The number of piperidine rings is 1. The van der Waals surface area contributed by atoms with Gasteiger partial charge in [-0.15, -0.1) is 0 Å². The molecule has 19 heavy (non-hydrogen) atoms. The van der Waals surface area contributed by atoms with E-state index < -0.39 is 0 Å². The van der Waals surface area contributed by atoms with Crippen molar-refractivity contribution in [3.63, 3.8) is 0 Å². The molecule has 0 bridgehead atoms. The van der Waals surface area contributed by atoms with Gasteiger partial charge in [-0.1, -0.05) is 13.8 Å². The van der Waals surface area contributed by atoms with Crippen molar-refractivity contribution in [2.75, 3.05) is 18.0 Å². The molecule has 0 aromatic heterocycles. The molecule has 1 aliphatic rings. The number of benzene rings is 1. The van der Waals surface area contributed by atoms with E-state index in [9.17, 15) is 9.18 Å². The number of nitrogens with zero attached hydrogens (tertiary/aromatic N) is 1. The van der Waals surface area contributed by atoms with Gasteiger partial charge in [-0.3, -0.25) is 4.79 Å². The number of ketones is 1. The summed E-state index contributed by atoms with van der Waals surface area (Å²) < 4.78 is 13.6. The Morgan fingerprint density at radius 2 is 1.84 bits per heavy atom. The SMILES string of the molecule is CC(=O)c1cc(F)c(C)cc1N1CCC(C)(C)CC1. The third-order valence-electron chi connectivity index (χ3n) is 4.11. The van der Waals surface area contributed by atoms with Gasteiger partial charge in [0.1, 0.15) is 5.82 Å². The first-order chi connectivity index (χ1) is 8.80. The van der Waals surface area contributed by atoms with E-state index in [1.807, 2.05) is 6.07 Å². The van der Waals surface area contributed by atoms with Crippen LogP contribution in [0.3, 0.4) is 0 Å². The molecule has 0 atom stereocenters. The number of hydrogen-bond donors (Lipinski definition) is 0. The lowest BCUT2D eigenvalue weighted by atomic mass is 9.82. The molecule has 2 rings (SSSR count). The van der Waals surface area contributed by atoms with Crippen molar-refractivity contribution in [1.82, 2.24) is 0 Å². The Balaban J connectivity index is 2.34. The summed E-state index contributed by atoms with van der Waals surface area (Å²) in [6, 6.07) is 3.19. The molecular formula is C16H22FNO. The fourth-order valence-electron chi connectivity index (χ4n) is 2.56. The summed E-state index contributed by atoms with van der Waals surface area (Å²) in [6.45, 7) is 9.65. The molecule has 104 valence electrons. The van der Waals surface area contributed by atoms with E-state index in [2.05, 4.69) is 18.7 Å². The molecule has 0 unspecified atom stereocenters. The second kappa shape index (κ2) is 4.95. The van der Waals surface area contributed by atoms with Gasteiger partial charge >= 0.3 is 0 Å². The van der Waals surface area contributed by atoms with E-state index in [-0.39, 0.29) is 11.6 Å². The maximum absolute atomic E-state index is 13.6. The average molecular weight is 263 g/mol. The summed E-state index contributed by atoms with van der Waals surface area (Å²) in [5.41, 5.74) is 2.36. The first kappa shape index (κ1) is 14.0. The summed E-state index contributed by atoms with van der Waals surface area (Å²) in [5, 5.41) is 0. The molecule has 0 aliphatic carbocycles. The Kier molecular flexibility index (Phi) is 3.66. The van der Waals surface area contributed by atoms with E-state index in [0.717, 1.165) is 31.6 Å². The molecule has 2 nitrogen and oxygen atoms in total. The summed E-state index contributed by atoms with van der Waals surface area (Å²) >= 11 is 0. The quantitative estimate of drug-likeness (QED) is 0.753. The molecule has 1 aliphatic heterocycles. The van der Waals surface area contributed by atoms with Gasteiger partial charge in [0.05, 0.1) is 0 Å². The lowest BCUT2D eigenvalue weighted by molar-refractivity contribution is 0.101. The Labute approximate surface area is 114 Å². The Morgan fingerprint density at radius 1 is 1.26 bits per heavy atom.